The molecule has 0 bridgehead atoms. The minimum atomic E-state index is 0.102. The van der Waals surface area contributed by atoms with E-state index in [9.17, 15) is 9.59 Å². The summed E-state index contributed by atoms with van der Waals surface area (Å²) in [5.74, 6) is 0.361. The lowest BCUT2D eigenvalue weighted by atomic mass is 10.2. The van der Waals surface area contributed by atoms with Gasteiger partial charge < -0.3 is 24.9 Å². The minimum Gasteiger partial charge on any atom is -0.360 e. The topological polar surface area (TPSA) is 61.5 Å². The number of para-hydroxylation sites is 1. The Balaban J connectivity index is 1.36. The molecule has 0 aliphatic carbocycles. The van der Waals surface area contributed by atoms with E-state index in [2.05, 4.69) is 34.5 Å². The van der Waals surface area contributed by atoms with Crippen molar-refractivity contribution >= 4 is 17.5 Å². The zero-order valence-corrected chi connectivity index (χ0v) is 17.2. The van der Waals surface area contributed by atoms with Gasteiger partial charge in [0.05, 0.1) is 52.4 Å². The van der Waals surface area contributed by atoms with E-state index >= 15 is 0 Å². The van der Waals surface area contributed by atoms with E-state index < -0.39 is 0 Å². The summed E-state index contributed by atoms with van der Waals surface area (Å²) < 4.78 is 0. The number of nitrogens with zero attached hydrogens (tertiary/aromatic N) is 2. The summed E-state index contributed by atoms with van der Waals surface area (Å²) in [6.45, 7) is 12.3. The van der Waals surface area contributed by atoms with Crippen molar-refractivity contribution in [2.75, 3.05) is 70.3 Å². The van der Waals surface area contributed by atoms with Gasteiger partial charge in [0.25, 0.3) is 11.8 Å². The van der Waals surface area contributed by atoms with Crippen LogP contribution in [-0.4, -0.2) is 88.2 Å². The molecule has 1 aromatic carbocycles. The first-order valence-electron chi connectivity index (χ1n) is 10.6. The lowest BCUT2D eigenvalue weighted by Crippen LogP contribution is -3.17. The normalized spacial score (nSPS) is 19.1. The van der Waals surface area contributed by atoms with Crippen molar-refractivity contribution < 1.29 is 19.4 Å². The van der Waals surface area contributed by atoms with Gasteiger partial charge in [0.15, 0.2) is 13.1 Å². The van der Waals surface area contributed by atoms with Crippen LogP contribution in [0.5, 0.6) is 0 Å². The van der Waals surface area contributed by atoms with Crippen molar-refractivity contribution in [3.8, 4) is 0 Å². The second-order valence-electron chi connectivity index (χ2n) is 8.28. The second-order valence-corrected chi connectivity index (χ2v) is 8.28. The van der Waals surface area contributed by atoms with Gasteiger partial charge in [-0.05, 0) is 26.0 Å². The van der Waals surface area contributed by atoms with Crippen molar-refractivity contribution in [3.05, 3.63) is 30.3 Å². The minimum absolute atomic E-state index is 0.102. The molecule has 3 rings (SSSR count). The maximum Gasteiger partial charge on any atom is 0.278 e. The third kappa shape index (κ3) is 5.94. The van der Waals surface area contributed by atoms with Crippen molar-refractivity contribution in [3.63, 3.8) is 0 Å². The van der Waals surface area contributed by atoms with E-state index in [0.717, 1.165) is 52.4 Å². The first-order chi connectivity index (χ1) is 13.5. The monoisotopic (exact) mass is 389 g/mol. The van der Waals surface area contributed by atoms with Gasteiger partial charge >= 0.3 is 0 Å². The number of quaternary nitrogens is 2. The Morgan fingerprint density at radius 1 is 0.929 bits per heavy atom. The molecule has 7 heteroatoms. The van der Waals surface area contributed by atoms with Crippen LogP contribution >= 0.6 is 0 Å². The third-order valence-electron chi connectivity index (χ3n) is 5.68. The Morgan fingerprint density at radius 3 is 2.11 bits per heavy atom. The van der Waals surface area contributed by atoms with Crippen LogP contribution in [0.2, 0.25) is 0 Å². The molecular formula is C21H35N5O2+2. The van der Waals surface area contributed by atoms with Crippen LogP contribution in [0.15, 0.2) is 30.3 Å². The van der Waals surface area contributed by atoms with Crippen LogP contribution in [0.25, 0.3) is 0 Å². The number of amides is 2. The molecule has 2 fully saturated rings. The number of carbonyl (C=O) groups is 2. The van der Waals surface area contributed by atoms with Crippen LogP contribution in [0.3, 0.4) is 0 Å². The molecular weight excluding hydrogens is 354 g/mol. The van der Waals surface area contributed by atoms with Gasteiger partial charge in [-0.2, -0.15) is 0 Å². The fourth-order valence-electron chi connectivity index (χ4n) is 4.07. The second kappa shape index (κ2) is 9.89. The van der Waals surface area contributed by atoms with Crippen LogP contribution in [0.1, 0.15) is 13.8 Å². The number of piperazine rings is 2. The van der Waals surface area contributed by atoms with Crippen LogP contribution in [0.4, 0.5) is 5.69 Å². The summed E-state index contributed by atoms with van der Waals surface area (Å²) >= 11 is 0. The molecule has 154 valence electrons. The summed E-state index contributed by atoms with van der Waals surface area (Å²) in [5.41, 5.74) is 1.27. The number of anilines is 1. The zero-order valence-electron chi connectivity index (χ0n) is 17.2. The smallest absolute Gasteiger partial charge is 0.278 e. The SMILES string of the molecule is CC(C)NC(=O)C[NH+]1CCN(C(=O)C[NH+]2CCN(c3ccccc3)CC2)CC1. The number of rotatable bonds is 6. The average Bonchev–Trinajstić information content (AvgIpc) is 2.69. The van der Waals surface area contributed by atoms with Gasteiger partial charge in [-0.3, -0.25) is 9.59 Å². The van der Waals surface area contributed by atoms with Crippen molar-refractivity contribution in [2.24, 2.45) is 0 Å². The molecule has 0 radical (unpaired) electrons. The molecule has 0 saturated carbocycles. The molecule has 1 aromatic rings. The average molecular weight is 390 g/mol. The molecule has 2 heterocycles. The molecule has 2 aliphatic heterocycles. The van der Waals surface area contributed by atoms with Crippen molar-refractivity contribution in [1.82, 2.24) is 10.2 Å². The highest BCUT2D eigenvalue weighted by Crippen LogP contribution is 2.12. The van der Waals surface area contributed by atoms with E-state index in [1.54, 1.807) is 0 Å². The summed E-state index contributed by atoms with van der Waals surface area (Å²) in [6, 6.07) is 10.7. The number of hydrogen-bond acceptors (Lipinski definition) is 3. The molecule has 2 saturated heterocycles. The maximum atomic E-state index is 12.7. The molecule has 28 heavy (non-hydrogen) atoms. The Kier molecular flexibility index (Phi) is 7.28. The number of nitrogens with one attached hydrogen (secondary N) is 3. The first kappa shape index (κ1) is 20.6. The van der Waals surface area contributed by atoms with Gasteiger partial charge in [-0.25, -0.2) is 0 Å². The molecule has 0 atom stereocenters. The van der Waals surface area contributed by atoms with E-state index in [0.29, 0.717) is 13.1 Å². The fourth-order valence-corrected chi connectivity index (χ4v) is 4.07. The molecule has 2 amide bonds. The van der Waals surface area contributed by atoms with Crippen LogP contribution in [0, 0.1) is 0 Å². The van der Waals surface area contributed by atoms with Crippen molar-refractivity contribution in [2.45, 2.75) is 19.9 Å². The van der Waals surface area contributed by atoms with Gasteiger partial charge in [-0.15, -0.1) is 0 Å². The Morgan fingerprint density at radius 2 is 1.50 bits per heavy atom. The van der Waals surface area contributed by atoms with E-state index in [1.807, 2.05) is 24.8 Å². The van der Waals surface area contributed by atoms with Crippen molar-refractivity contribution in [1.29, 1.82) is 0 Å². The highest BCUT2D eigenvalue weighted by molar-refractivity contribution is 5.77. The molecule has 0 unspecified atom stereocenters. The first-order valence-corrected chi connectivity index (χ1v) is 10.6. The number of carbonyl (C=O) groups excluding carboxylic acids is 2. The molecule has 7 nitrogen and oxygen atoms in total. The van der Waals surface area contributed by atoms with Crippen LogP contribution < -0.4 is 20.0 Å². The molecule has 0 spiro atoms. The number of hydrogen-bond donors (Lipinski definition) is 3. The predicted octanol–water partition coefficient (Wildman–Crippen LogP) is -2.36. The van der Waals surface area contributed by atoms with Gasteiger partial charge in [0.1, 0.15) is 0 Å². The fraction of sp³-hybridized carbons (Fsp3) is 0.619. The lowest BCUT2D eigenvalue weighted by molar-refractivity contribution is -0.898. The Labute approximate surface area is 168 Å². The molecule has 2 aliphatic rings. The largest absolute Gasteiger partial charge is 0.360 e. The zero-order chi connectivity index (χ0) is 19.9. The quantitative estimate of drug-likeness (QED) is 0.510. The van der Waals surface area contributed by atoms with Crippen LogP contribution in [-0.2, 0) is 9.59 Å². The predicted molar refractivity (Wildman–Crippen MR) is 110 cm³/mol. The summed E-state index contributed by atoms with van der Waals surface area (Å²) in [4.78, 5) is 31.6. The molecule has 0 aromatic heterocycles. The van der Waals surface area contributed by atoms with E-state index in [1.165, 1.54) is 15.5 Å². The summed E-state index contributed by atoms with van der Waals surface area (Å²) in [5, 5.41) is 2.95. The Hall–Kier alpha value is -2.12. The standard InChI is InChI=1S/C21H33N5O2/c1-18(2)22-20(27)16-23-10-14-26(15-11-23)21(28)17-24-8-12-25(13-9-24)19-6-4-3-5-7-19/h3-7,18H,8-17H2,1-2H3,(H,22,27)/p+2. The van der Waals surface area contributed by atoms with E-state index in [-0.39, 0.29) is 17.9 Å². The Bertz CT molecular complexity index is 635. The van der Waals surface area contributed by atoms with Gasteiger partial charge in [0, 0.05) is 11.7 Å². The van der Waals surface area contributed by atoms with Gasteiger partial charge in [0.2, 0.25) is 0 Å². The molecule has 3 N–H and O–H groups in total. The summed E-state index contributed by atoms with van der Waals surface area (Å²) in [7, 11) is 0. The third-order valence-corrected chi connectivity index (χ3v) is 5.68. The highest BCUT2D eigenvalue weighted by Gasteiger charge is 2.29. The lowest BCUT2D eigenvalue weighted by Gasteiger charge is -2.35. The van der Waals surface area contributed by atoms with E-state index in [4.69, 9.17) is 0 Å². The highest BCUT2D eigenvalue weighted by atomic mass is 16.2. The summed E-state index contributed by atoms with van der Waals surface area (Å²) in [6.07, 6.45) is 0. The van der Waals surface area contributed by atoms with Gasteiger partial charge in [-0.1, -0.05) is 18.2 Å². The maximum absolute atomic E-state index is 12.7. The number of benzene rings is 1.